The summed E-state index contributed by atoms with van der Waals surface area (Å²) in [4.78, 5) is 20.1. The Balaban J connectivity index is 0.000000440. The van der Waals surface area contributed by atoms with Crippen molar-refractivity contribution in [2.45, 2.75) is 286 Å². The summed E-state index contributed by atoms with van der Waals surface area (Å²) in [7, 11) is 18.0. The fourth-order valence-corrected chi connectivity index (χ4v) is 17.2. The summed E-state index contributed by atoms with van der Waals surface area (Å²) in [5.74, 6) is 3.01. The number of likely N-dealkylation sites (N-methyl/N-ethyl adjacent to an activating group) is 3. The number of piperidine rings is 4. The summed E-state index contributed by atoms with van der Waals surface area (Å²) in [5, 5.41) is 13.9. The standard InChI is InChI=1S/C9H17N.C8H15N.3C7H14N2.2C7H13N.C6H12N2.8CH4/c1-10-8-4-2-5-9(10)7-3-6-8;1-9-7-3-2-4-8(9)6-5-7;1-9-4-6-2-8-3-7(6)5-9;1-9-4-6-2-3-7(5-9)8-6;1-9-6-2-3-7(9)5-8-4-6;1-8-5-6-2-3-7(8)4-6;1-8-6-2-3-7(8)5-4-6;1-8-4-5-2-6(8)3-7-5;;;;;;;;/h8-9H,2-7H2,1H3;7-8H,2-6H2,1H3;3*6-8H,2-5H2,1H3;2*6-7H,2-5H2,1H3;5-7H,2-4H2,1H3;8*1H4. The molecule has 16 rings (SSSR count). The first-order chi connectivity index (χ1) is 33.9. The molecule has 16 aliphatic rings. The molecule has 16 fully saturated rings. The minimum atomic E-state index is 0. The highest BCUT2D eigenvalue weighted by Crippen LogP contribution is 2.37. The largest absolute Gasteiger partial charge is 0.316 e. The Hall–Kier alpha value is -0.480. The van der Waals surface area contributed by atoms with Crippen LogP contribution in [0.4, 0.5) is 0 Å². The van der Waals surface area contributed by atoms with E-state index in [4.69, 9.17) is 0 Å². The second-order valence-electron chi connectivity index (χ2n) is 26.6. The Morgan fingerprint density at radius 1 is 0.282 bits per heavy atom. The number of nitrogens with one attached hydrogen (secondary N) is 4. The van der Waals surface area contributed by atoms with E-state index >= 15 is 0 Å². The molecule has 4 N–H and O–H groups in total. The molecule has 0 aromatic carbocycles. The van der Waals surface area contributed by atoms with E-state index in [0.717, 1.165) is 96.3 Å². The van der Waals surface area contributed by atoms with Crippen LogP contribution in [0.3, 0.4) is 0 Å². The maximum atomic E-state index is 3.58. The first-order valence-electron chi connectivity index (χ1n) is 30.5. The van der Waals surface area contributed by atoms with E-state index in [1.807, 2.05) is 0 Å². The van der Waals surface area contributed by atoms with Crippen LogP contribution in [0, 0.1) is 17.8 Å². The number of likely N-dealkylation sites (tertiary alicyclic amines) is 4. The molecule has 0 spiro atoms. The van der Waals surface area contributed by atoms with E-state index in [9.17, 15) is 0 Å². The summed E-state index contributed by atoms with van der Waals surface area (Å²) in [5.41, 5.74) is 0. The van der Waals surface area contributed by atoms with Gasteiger partial charge in [0.25, 0.3) is 0 Å². The molecule has 12 nitrogen and oxygen atoms in total. The lowest BCUT2D eigenvalue weighted by atomic mass is 9.85. The van der Waals surface area contributed by atoms with Gasteiger partial charge < -0.3 is 55.6 Å². The van der Waals surface area contributed by atoms with Crippen molar-refractivity contribution < 1.29 is 0 Å². The molecule has 0 amide bonds. The van der Waals surface area contributed by atoms with Crippen molar-refractivity contribution in [3.05, 3.63) is 0 Å². The quantitative estimate of drug-likeness (QED) is 0.187. The molecule has 0 aromatic heterocycles. The van der Waals surface area contributed by atoms with Crippen molar-refractivity contribution in [3.8, 4) is 0 Å². The number of nitrogens with zero attached hydrogens (tertiary/aromatic N) is 8. The van der Waals surface area contributed by atoms with Gasteiger partial charge in [-0.05, 0) is 216 Å². The van der Waals surface area contributed by atoms with Crippen LogP contribution < -0.4 is 21.3 Å². The van der Waals surface area contributed by atoms with Gasteiger partial charge in [0.05, 0.1) is 0 Å². The first kappa shape index (κ1) is 75.5. The third-order valence-electron chi connectivity index (χ3n) is 21.9. The Bertz CT molecular complexity index is 1380. The normalized spacial score (nSPS) is 39.7. The lowest BCUT2D eigenvalue weighted by molar-refractivity contribution is 0.0673. The van der Waals surface area contributed by atoms with Crippen LogP contribution in [0.15, 0.2) is 0 Å². The predicted octanol–water partition coefficient (Wildman–Crippen LogP) is 10.6. The molecule has 1 aliphatic carbocycles. The second-order valence-corrected chi connectivity index (χ2v) is 26.6. The molecular weight excluding hydrogens is 961 g/mol. The lowest BCUT2D eigenvalue weighted by Crippen LogP contribution is -2.49. The Morgan fingerprint density at radius 3 is 0.936 bits per heavy atom. The minimum absolute atomic E-state index is 0. The van der Waals surface area contributed by atoms with Crippen LogP contribution in [0.5, 0.6) is 0 Å². The molecule has 15 saturated heterocycles. The number of fused-ring (bicyclic) bond motifs is 15. The molecule has 15 aliphatic heterocycles. The van der Waals surface area contributed by atoms with Gasteiger partial charge in [-0.15, -0.1) is 0 Å². The van der Waals surface area contributed by atoms with Crippen molar-refractivity contribution in [3.63, 3.8) is 0 Å². The monoisotopic (exact) mass is 1110 g/mol. The third-order valence-corrected chi connectivity index (χ3v) is 21.9. The van der Waals surface area contributed by atoms with Crippen LogP contribution in [-0.2, 0) is 0 Å². The number of hydrogen-bond acceptors (Lipinski definition) is 12. The van der Waals surface area contributed by atoms with Gasteiger partial charge in [-0.1, -0.05) is 78.7 Å². The van der Waals surface area contributed by atoms with E-state index in [-0.39, 0.29) is 59.4 Å². The Labute approximate surface area is 490 Å². The Kier molecular flexibility index (Phi) is 35.2. The van der Waals surface area contributed by atoms with E-state index in [2.05, 4.69) is 117 Å². The minimum Gasteiger partial charge on any atom is -0.316 e. The van der Waals surface area contributed by atoms with Gasteiger partial charge in [0, 0.05) is 137 Å². The van der Waals surface area contributed by atoms with Gasteiger partial charge in [0.2, 0.25) is 0 Å². The number of hydrogen-bond donors (Lipinski definition) is 4. The topological polar surface area (TPSA) is 74.0 Å². The first-order valence-corrected chi connectivity index (χ1v) is 30.5. The molecule has 14 bridgehead atoms. The highest BCUT2D eigenvalue weighted by atomic mass is 15.3. The van der Waals surface area contributed by atoms with Crippen LogP contribution in [0.2, 0.25) is 0 Å². The highest BCUT2D eigenvalue weighted by molar-refractivity contribution is 4.97. The third kappa shape index (κ3) is 20.1. The molecule has 1 saturated carbocycles. The lowest BCUT2D eigenvalue weighted by Gasteiger charge is -2.43. The van der Waals surface area contributed by atoms with Crippen molar-refractivity contribution >= 4 is 0 Å². The van der Waals surface area contributed by atoms with E-state index in [1.165, 1.54) is 220 Å². The van der Waals surface area contributed by atoms with Crippen LogP contribution in [0.1, 0.15) is 207 Å². The zero-order valence-electron chi connectivity index (χ0n) is 46.9. The summed E-state index contributed by atoms with van der Waals surface area (Å²) in [6, 6.07) is 11.8. The molecular formula is C66H144N12. The van der Waals surface area contributed by atoms with Crippen LogP contribution in [0.25, 0.3) is 0 Å². The molecule has 15 heterocycles. The molecule has 0 aromatic rings. The van der Waals surface area contributed by atoms with Gasteiger partial charge >= 0.3 is 0 Å². The SMILES string of the molecule is C.C.C.C.C.C.C.C.CN1C2CCC1CC2.CN1C2CCC1CNC2.CN1C2CCCC1CC2.CN1C2CCCC1CCC2.CN1CC2CC1CN2.CN1CC2CCC(C1)N2.CN1CC2CCC1C2.CN1CC2CNCC2C1. The van der Waals surface area contributed by atoms with E-state index in [0.29, 0.717) is 0 Å². The number of rotatable bonds is 0. The highest BCUT2D eigenvalue weighted by Gasteiger charge is 2.39. The molecule has 12 unspecified atom stereocenters. The summed E-state index contributed by atoms with van der Waals surface area (Å²) in [6.45, 7) is 14.0. The average Bonchev–Trinajstić information content (AvgIpc) is 4.24. The smallest absolute Gasteiger partial charge is 0.0233 e. The molecule has 468 valence electrons. The van der Waals surface area contributed by atoms with Gasteiger partial charge in [-0.2, -0.15) is 0 Å². The fraction of sp³-hybridized carbons (Fsp3) is 1.00. The maximum absolute atomic E-state index is 3.58. The van der Waals surface area contributed by atoms with E-state index in [1.54, 1.807) is 0 Å². The molecule has 78 heavy (non-hydrogen) atoms. The van der Waals surface area contributed by atoms with Crippen molar-refractivity contribution in [2.75, 3.05) is 128 Å². The van der Waals surface area contributed by atoms with E-state index < -0.39 is 0 Å². The van der Waals surface area contributed by atoms with Gasteiger partial charge in [0.1, 0.15) is 0 Å². The zero-order valence-corrected chi connectivity index (χ0v) is 46.9. The predicted molar refractivity (Wildman–Crippen MR) is 348 cm³/mol. The summed E-state index contributed by atoms with van der Waals surface area (Å²) in [6.07, 6.45) is 33.6. The fourth-order valence-electron chi connectivity index (χ4n) is 17.2. The Morgan fingerprint density at radius 2 is 0.641 bits per heavy atom. The second kappa shape index (κ2) is 36.4. The van der Waals surface area contributed by atoms with Crippen molar-refractivity contribution in [1.29, 1.82) is 0 Å². The summed E-state index contributed by atoms with van der Waals surface area (Å²) < 4.78 is 0. The molecule has 0 radical (unpaired) electrons. The van der Waals surface area contributed by atoms with Crippen molar-refractivity contribution in [1.82, 2.24) is 60.5 Å². The van der Waals surface area contributed by atoms with Gasteiger partial charge in [0.15, 0.2) is 0 Å². The molecule has 12 atom stereocenters. The summed E-state index contributed by atoms with van der Waals surface area (Å²) >= 11 is 0. The van der Waals surface area contributed by atoms with Gasteiger partial charge in [-0.3, -0.25) is 4.90 Å². The zero-order chi connectivity index (χ0) is 48.7. The van der Waals surface area contributed by atoms with Crippen LogP contribution >= 0.6 is 0 Å². The average molecular weight is 1110 g/mol. The van der Waals surface area contributed by atoms with Gasteiger partial charge in [-0.25, -0.2) is 0 Å². The van der Waals surface area contributed by atoms with Crippen molar-refractivity contribution in [2.24, 2.45) is 17.8 Å². The number of piperazine rings is 3. The molecule has 12 heteroatoms. The van der Waals surface area contributed by atoms with Crippen LogP contribution in [-0.4, -0.2) is 246 Å². The maximum Gasteiger partial charge on any atom is 0.0233 e.